The first-order valence-corrected chi connectivity index (χ1v) is 6.59. The highest BCUT2D eigenvalue weighted by Gasteiger charge is 2.31. The van der Waals surface area contributed by atoms with Crippen LogP contribution in [0.15, 0.2) is 30.3 Å². The molecular formula is C15H23N3. The Morgan fingerprint density at radius 2 is 2.06 bits per heavy atom. The molecular weight excluding hydrogens is 222 g/mol. The molecule has 0 bridgehead atoms. The molecule has 0 radical (unpaired) electrons. The Hall–Kier alpha value is -1.35. The summed E-state index contributed by atoms with van der Waals surface area (Å²) in [7, 11) is 0. The maximum atomic E-state index is 7.80. The van der Waals surface area contributed by atoms with Gasteiger partial charge >= 0.3 is 0 Å². The maximum absolute atomic E-state index is 7.80. The predicted molar refractivity (Wildman–Crippen MR) is 75.9 cm³/mol. The highest BCUT2D eigenvalue weighted by Crippen LogP contribution is 2.30. The minimum atomic E-state index is 0.0279. The van der Waals surface area contributed by atoms with Crippen LogP contribution in [0.5, 0.6) is 0 Å². The summed E-state index contributed by atoms with van der Waals surface area (Å²) in [5.74, 6) is 0.297. The van der Waals surface area contributed by atoms with Crippen LogP contribution in [0.25, 0.3) is 0 Å². The molecule has 3 nitrogen and oxygen atoms in total. The van der Waals surface area contributed by atoms with E-state index in [4.69, 9.17) is 11.1 Å². The van der Waals surface area contributed by atoms with Gasteiger partial charge in [-0.3, -0.25) is 5.41 Å². The van der Waals surface area contributed by atoms with E-state index >= 15 is 0 Å². The highest BCUT2D eigenvalue weighted by atomic mass is 15.2. The third kappa shape index (κ3) is 3.10. The van der Waals surface area contributed by atoms with Gasteiger partial charge in [-0.25, -0.2) is 0 Å². The van der Waals surface area contributed by atoms with Gasteiger partial charge in [0, 0.05) is 13.1 Å². The Kier molecular flexibility index (Phi) is 3.71. The summed E-state index contributed by atoms with van der Waals surface area (Å²) in [5.41, 5.74) is 7.32. The SMILES string of the molecule is CC1(C)CCN(CC(C(=N)N)c2ccccc2)C1. The zero-order valence-corrected chi connectivity index (χ0v) is 11.3. The van der Waals surface area contributed by atoms with Gasteiger partial charge in [0.2, 0.25) is 0 Å². The van der Waals surface area contributed by atoms with Crippen molar-refractivity contribution in [2.45, 2.75) is 26.2 Å². The van der Waals surface area contributed by atoms with Gasteiger partial charge in [-0.2, -0.15) is 0 Å². The summed E-state index contributed by atoms with van der Waals surface area (Å²) >= 11 is 0. The normalized spacial score (nSPS) is 20.8. The van der Waals surface area contributed by atoms with Crippen LogP contribution in [0.1, 0.15) is 31.7 Å². The highest BCUT2D eigenvalue weighted by molar-refractivity contribution is 5.84. The van der Waals surface area contributed by atoms with E-state index in [0.717, 1.165) is 25.2 Å². The van der Waals surface area contributed by atoms with E-state index in [9.17, 15) is 0 Å². The summed E-state index contributed by atoms with van der Waals surface area (Å²) in [4.78, 5) is 2.43. The lowest BCUT2D eigenvalue weighted by atomic mass is 9.93. The molecule has 3 heteroatoms. The molecule has 1 unspecified atom stereocenters. The number of rotatable bonds is 4. The van der Waals surface area contributed by atoms with E-state index in [1.54, 1.807) is 0 Å². The van der Waals surface area contributed by atoms with Gasteiger partial charge in [-0.1, -0.05) is 44.2 Å². The van der Waals surface area contributed by atoms with Gasteiger partial charge in [0.15, 0.2) is 0 Å². The Labute approximate surface area is 109 Å². The Morgan fingerprint density at radius 1 is 1.39 bits per heavy atom. The lowest BCUT2D eigenvalue weighted by Crippen LogP contribution is -2.34. The van der Waals surface area contributed by atoms with E-state index in [2.05, 4.69) is 30.9 Å². The lowest BCUT2D eigenvalue weighted by Gasteiger charge is -2.24. The number of hydrogen-bond acceptors (Lipinski definition) is 2. The quantitative estimate of drug-likeness (QED) is 0.632. The fraction of sp³-hybridized carbons (Fsp3) is 0.533. The first-order valence-electron chi connectivity index (χ1n) is 6.59. The van der Waals surface area contributed by atoms with Crippen molar-refractivity contribution in [3.05, 3.63) is 35.9 Å². The standard InChI is InChI=1S/C15H23N3/c1-15(2)8-9-18(11-15)10-13(14(16)17)12-6-4-3-5-7-12/h3-7,13H,8-11H2,1-2H3,(H3,16,17). The van der Waals surface area contributed by atoms with Crippen molar-refractivity contribution in [1.82, 2.24) is 4.90 Å². The Bertz CT molecular complexity index is 411. The molecule has 0 aromatic heterocycles. The third-order valence-corrected chi connectivity index (χ3v) is 3.77. The molecule has 1 fully saturated rings. The first-order chi connectivity index (χ1) is 8.48. The number of nitrogens with two attached hydrogens (primary N) is 1. The average Bonchev–Trinajstić information content (AvgIpc) is 2.66. The van der Waals surface area contributed by atoms with E-state index in [0.29, 0.717) is 5.41 Å². The number of nitrogens with zero attached hydrogens (tertiary/aromatic N) is 1. The zero-order valence-electron chi connectivity index (χ0n) is 11.3. The molecule has 2 rings (SSSR count). The fourth-order valence-corrected chi connectivity index (χ4v) is 2.71. The van der Waals surface area contributed by atoms with Crippen LogP contribution in [0.3, 0.4) is 0 Å². The molecule has 0 aliphatic carbocycles. The minimum Gasteiger partial charge on any atom is -0.387 e. The molecule has 1 heterocycles. The van der Waals surface area contributed by atoms with E-state index in [1.165, 1.54) is 6.42 Å². The van der Waals surface area contributed by atoms with Crippen LogP contribution in [-0.2, 0) is 0 Å². The van der Waals surface area contributed by atoms with Crippen LogP contribution >= 0.6 is 0 Å². The van der Waals surface area contributed by atoms with Gasteiger partial charge in [0.1, 0.15) is 0 Å². The number of likely N-dealkylation sites (tertiary alicyclic amines) is 1. The van der Waals surface area contributed by atoms with Crippen molar-refractivity contribution in [1.29, 1.82) is 5.41 Å². The minimum absolute atomic E-state index is 0.0279. The van der Waals surface area contributed by atoms with Gasteiger partial charge in [-0.15, -0.1) is 0 Å². The fourth-order valence-electron chi connectivity index (χ4n) is 2.71. The smallest absolute Gasteiger partial charge is 0.0995 e. The van der Waals surface area contributed by atoms with Crippen molar-refractivity contribution < 1.29 is 0 Å². The Morgan fingerprint density at radius 3 is 2.56 bits per heavy atom. The van der Waals surface area contributed by atoms with E-state index < -0.39 is 0 Å². The number of amidine groups is 1. The van der Waals surface area contributed by atoms with Crippen molar-refractivity contribution >= 4 is 5.84 Å². The van der Waals surface area contributed by atoms with Crippen LogP contribution < -0.4 is 5.73 Å². The summed E-state index contributed by atoms with van der Waals surface area (Å²) in [6.45, 7) is 7.69. The number of nitrogens with one attached hydrogen (secondary N) is 1. The zero-order chi connectivity index (χ0) is 13.2. The molecule has 1 atom stereocenters. The molecule has 98 valence electrons. The van der Waals surface area contributed by atoms with Gasteiger partial charge < -0.3 is 10.6 Å². The summed E-state index contributed by atoms with van der Waals surface area (Å²) in [5, 5.41) is 7.80. The Balaban J connectivity index is 2.07. The van der Waals surface area contributed by atoms with Crippen molar-refractivity contribution in [3.8, 4) is 0 Å². The molecule has 0 amide bonds. The average molecular weight is 245 g/mol. The second kappa shape index (κ2) is 5.11. The van der Waals surface area contributed by atoms with Crippen molar-refractivity contribution in [2.75, 3.05) is 19.6 Å². The molecule has 18 heavy (non-hydrogen) atoms. The van der Waals surface area contributed by atoms with Crippen LogP contribution in [-0.4, -0.2) is 30.4 Å². The van der Waals surface area contributed by atoms with Crippen LogP contribution in [0, 0.1) is 10.8 Å². The monoisotopic (exact) mass is 245 g/mol. The molecule has 3 N–H and O–H groups in total. The predicted octanol–water partition coefficient (Wildman–Crippen LogP) is 2.44. The van der Waals surface area contributed by atoms with Crippen molar-refractivity contribution in [3.63, 3.8) is 0 Å². The number of benzene rings is 1. The lowest BCUT2D eigenvalue weighted by molar-refractivity contribution is 0.288. The van der Waals surface area contributed by atoms with E-state index in [-0.39, 0.29) is 11.8 Å². The van der Waals surface area contributed by atoms with Crippen LogP contribution in [0.4, 0.5) is 0 Å². The molecule has 0 spiro atoms. The number of hydrogen-bond donors (Lipinski definition) is 2. The summed E-state index contributed by atoms with van der Waals surface area (Å²) < 4.78 is 0. The second-order valence-corrected chi connectivity index (χ2v) is 6.07. The van der Waals surface area contributed by atoms with Gasteiger partial charge in [-0.05, 0) is 23.9 Å². The molecule has 0 saturated carbocycles. The molecule has 1 aliphatic rings. The summed E-state index contributed by atoms with van der Waals surface area (Å²) in [6, 6.07) is 10.2. The van der Waals surface area contributed by atoms with Crippen LogP contribution in [0.2, 0.25) is 0 Å². The molecule has 1 saturated heterocycles. The topological polar surface area (TPSA) is 53.1 Å². The second-order valence-electron chi connectivity index (χ2n) is 6.07. The maximum Gasteiger partial charge on any atom is 0.0995 e. The summed E-state index contributed by atoms with van der Waals surface area (Å²) in [6.07, 6.45) is 1.23. The molecule has 1 aliphatic heterocycles. The first kappa shape index (κ1) is 13.1. The molecule has 1 aromatic rings. The van der Waals surface area contributed by atoms with E-state index in [1.807, 2.05) is 18.2 Å². The van der Waals surface area contributed by atoms with Crippen molar-refractivity contribution in [2.24, 2.45) is 11.1 Å². The third-order valence-electron chi connectivity index (χ3n) is 3.77. The van der Waals surface area contributed by atoms with Gasteiger partial charge in [0.05, 0.1) is 11.8 Å². The molecule has 1 aromatic carbocycles. The van der Waals surface area contributed by atoms with Gasteiger partial charge in [0.25, 0.3) is 0 Å². The largest absolute Gasteiger partial charge is 0.387 e.